The maximum atomic E-state index is 5.52. The third-order valence-electron chi connectivity index (χ3n) is 12.2. The third kappa shape index (κ3) is 7.36. The summed E-state index contributed by atoms with van der Waals surface area (Å²) in [6.45, 7) is 17.9. The van der Waals surface area contributed by atoms with Gasteiger partial charge >= 0.3 is 0 Å². The van der Waals surface area contributed by atoms with Crippen molar-refractivity contribution in [1.82, 2.24) is 19.9 Å². The zero-order valence-corrected chi connectivity index (χ0v) is 36.1. The molecule has 4 nitrogen and oxygen atoms in total. The summed E-state index contributed by atoms with van der Waals surface area (Å²) in [5.41, 5.74) is 21.6. The van der Waals surface area contributed by atoms with Crippen molar-refractivity contribution in [2.24, 2.45) is 0 Å². The van der Waals surface area contributed by atoms with Crippen LogP contribution in [0.3, 0.4) is 0 Å². The summed E-state index contributed by atoms with van der Waals surface area (Å²) in [6.07, 6.45) is 8.72. The van der Waals surface area contributed by atoms with Gasteiger partial charge in [-0.05, 0) is 117 Å². The smallest absolute Gasteiger partial charge is 0.0737 e. The van der Waals surface area contributed by atoms with Crippen molar-refractivity contribution >= 4 is 46.4 Å². The second-order valence-corrected chi connectivity index (χ2v) is 17.6. The molecule has 7 aromatic rings. The molecule has 2 aliphatic heterocycles. The van der Waals surface area contributed by atoms with E-state index in [2.05, 4.69) is 211 Å². The summed E-state index contributed by atoms with van der Waals surface area (Å²) >= 11 is 0. The van der Waals surface area contributed by atoms with Gasteiger partial charge in [-0.3, -0.25) is 0 Å². The maximum absolute atomic E-state index is 5.52. The van der Waals surface area contributed by atoms with Crippen LogP contribution in [0.1, 0.15) is 124 Å². The van der Waals surface area contributed by atoms with Crippen LogP contribution in [0.15, 0.2) is 121 Å². The summed E-state index contributed by atoms with van der Waals surface area (Å²) in [7, 11) is 0. The highest BCUT2D eigenvalue weighted by molar-refractivity contribution is 5.99. The van der Waals surface area contributed by atoms with Crippen LogP contribution in [0.4, 0.5) is 0 Å². The monoisotopic (exact) mass is 782 g/mol. The molecule has 0 saturated carbocycles. The first-order valence-corrected chi connectivity index (χ1v) is 21.6. The number of rotatable bonds is 8. The average Bonchev–Trinajstić information content (AvgIpc) is 4.10. The lowest BCUT2D eigenvalue weighted by atomic mass is 9.98. The summed E-state index contributed by atoms with van der Waals surface area (Å²) < 4.78 is 0. The molecule has 4 heteroatoms. The fourth-order valence-corrected chi connectivity index (χ4v) is 8.56. The minimum absolute atomic E-state index is 0.435. The predicted octanol–water partition coefficient (Wildman–Crippen LogP) is 15.8. The quantitative estimate of drug-likeness (QED) is 0.161. The van der Waals surface area contributed by atoms with Gasteiger partial charge in [-0.2, -0.15) is 0 Å². The van der Waals surface area contributed by atoms with E-state index in [9.17, 15) is 0 Å². The predicted molar refractivity (Wildman–Crippen MR) is 257 cm³/mol. The molecule has 3 aromatic heterocycles. The normalized spacial score (nSPS) is 12.5. The third-order valence-corrected chi connectivity index (χ3v) is 12.2. The molecule has 0 aliphatic carbocycles. The molecule has 5 heterocycles. The molecule has 9 rings (SSSR count). The molecular weight excluding hydrogens is 729 g/mol. The molecule has 298 valence electrons. The summed E-state index contributed by atoms with van der Waals surface area (Å²) in [5.74, 6) is 1.74. The lowest BCUT2D eigenvalue weighted by Gasteiger charge is -2.10. The fraction of sp³-hybridized carbons (Fsp3) is 0.214. The van der Waals surface area contributed by atoms with Crippen molar-refractivity contribution in [1.29, 1.82) is 0 Å². The van der Waals surface area contributed by atoms with Crippen molar-refractivity contribution in [2.75, 3.05) is 0 Å². The summed E-state index contributed by atoms with van der Waals surface area (Å²) in [4.78, 5) is 18.9. The molecule has 8 bridgehead atoms. The molecule has 0 unspecified atom stereocenters. The zero-order valence-electron chi connectivity index (χ0n) is 36.1. The molecule has 0 saturated heterocycles. The number of hydrogen-bond donors (Lipinski definition) is 2. The first-order valence-electron chi connectivity index (χ1n) is 21.6. The van der Waals surface area contributed by atoms with E-state index in [4.69, 9.17) is 9.97 Å². The highest BCUT2D eigenvalue weighted by Gasteiger charge is 2.20. The zero-order chi connectivity index (χ0) is 41.7. The molecule has 0 fully saturated rings. The van der Waals surface area contributed by atoms with Crippen LogP contribution >= 0.6 is 0 Å². The van der Waals surface area contributed by atoms with Gasteiger partial charge in [-0.15, -0.1) is 0 Å². The number of H-pyrrole nitrogens is 2. The van der Waals surface area contributed by atoms with E-state index in [1.54, 1.807) is 0 Å². The van der Waals surface area contributed by atoms with Crippen LogP contribution in [-0.2, 0) is 0 Å². The van der Waals surface area contributed by atoms with Gasteiger partial charge in [0.05, 0.1) is 22.8 Å². The Labute approximate surface area is 354 Å². The first-order chi connectivity index (χ1) is 29.0. The largest absolute Gasteiger partial charge is 0.354 e. The highest BCUT2D eigenvalue weighted by atomic mass is 14.8. The number of fused-ring (bicyclic) bond motifs is 8. The van der Waals surface area contributed by atoms with Crippen molar-refractivity contribution in [2.45, 2.75) is 79.1 Å². The molecular formula is C56H54N4. The van der Waals surface area contributed by atoms with Crippen molar-refractivity contribution in [3.8, 4) is 44.5 Å². The second-order valence-electron chi connectivity index (χ2n) is 17.6. The SMILES string of the molecule is CC(C)c1ccc(-c2c3nc(c(-c4ccc(C(C)C)cc4)c4ccc([nH]4)c(-c4ccc(C(C)C)cc4)c4nc(c(-c5ccc(C(C)C)cc5)c5ccc2[nH]5)C=C4)C=C3)cc1. The van der Waals surface area contributed by atoms with Gasteiger partial charge in [-0.1, -0.05) is 152 Å². The molecule has 4 aromatic carbocycles. The van der Waals surface area contributed by atoms with Gasteiger partial charge in [0.2, 0.25) is 0 Å². The van der Waals surface area contributed by atoms with E-state index in [0.29, 0.717) is 23.7 Å². The van der Waals surface area contributed by atoms with Gasteiger partial charge in [0.25, 0.3) is 0 Å². The van der Waals surface area contributed by atoms with Gasteiger partial charge < -0.3 is 9.97 Å². The Morgan fingerprint density at radius 3 is 0.667 bits per heavy atom. The highest BCUT2D eigenvalue weighted by Crippen LogP contribution is 2.39. The van der Waals surface area contributed by atoms with Crippen LogP contribution < -0.4 is 0 Å². The van der Waals surface area contributed by atoms with E-state index in [-0.39, 0.29) is 0 Å². The lowest BCUT2D eigenvalue weighted by Crippen LogP contribution is -1.92. The van der Waals surface area contributed by atoms with Crippen LogP contribution in [-0.4, -0.2) is 19.9 Å². The van der Waals surface area contributed by atoms with E-state index < -0.39 is 0 Å². The fourth-order valence-electron chi connectivity index (χ4n) is 8.56. The van der Waals surface area contributed by atoms with Crippen LogP contribution in [0.2, 0.25) is 0 Å². The van der Waals surface area contributed by atoms with E-state index in [1.807, 2.05) is 0 Å². The van der Waals surface area contributed by atoms with E-state index >= 15 is 0 Å². The average molecular weight is 783 g/mol. The van der Waals surface area contributed by atoms with Crippen LogP contribution in [0, 0.1) is 0 Å². The Hall–Kier alpha value is -6.52. The number of nitrogens with one attached hydrogen (secondary N) is 2. The number of aromatic amines is 2. The number of benzene rings is 4. The topological polar surface area (TPSA) is 57.4 Å². The number of aromatic nitrogens is 4. The van der Waals surface area contributed by atoms with Gasteiger partial charge in [0, 0.05) is 44.3 Å². The lowest BCUT2D eigenvalue weighted by molar-refractivity contribution is 0.867. The van der Waals surface area contributed by atoms with E-state index in [1.165, 1.54) is 22.3 Å². The van der Waals surface area contributed by atoms with Gasteiger partial charge in [0.1, 0.15) is 0 Å². The standard InChI is InChI=1S/C56H54N4/c1-33(2)37-9-17-41(18-10-37)53-45-25-27-47(57-45)54(42-19-11-38(12-20-42)34(3)4)49-29-31-51(59-49)56(44-23-15-40(16-24-44)36(7)8)52-32-30-50(60-52)55(48-28-26-46(53)58-48)43-21-13-39(14-22-43)35(5)6/h9-36,57,60H,1-8H3. The van der Waals surface area contributed by atoms with E-state index in [0.717, 1.165) is 89.4 Å². The van der Waals surface area contributed by atoms with Gasteiger partial charge in [0.15, 0.2) is 0 Å². The maximum Gasteiger partial charge on any atom is 0.0737 e. The van der Waals surface area contributed by atoms with Gasteiger partial charge in [-0.25, -0.2) is 9.97 Å². The Kier molecular flexibility index (Phi) is 10.3. The minimum atomic E-state index is 0.435. The minimum Gasteiger partial charge on any atom is -0.354 e. The summed E-state index contributed by atoms with van der Waals surface area (Å²) in [5, 5.41) is 0. The molecule has 2 aliphatic rings. The molecule has 0 amide bonds. The summed E-state index contributed by atoms with van der Waals surface area (Å²) in [6, 6.07) is 44.8. The van der Waals surface area contributed by atoms with Crippen LogP contribution in [0.25, 0.3) is 90.9 Å². The molecule has 60 heavy (non-hydrogen) atoms. The molecule has 0 spiro atoms. The number of nitrogens with zero attached hydrogens (tertiary/aromatic N) is 2. The van der Waals surface area contributed by atoms with Crippen molar-refractivity contribution < 1.29 is 0 Å². The Bertz CT molecular complexity index is 2530. The molecule has 2 N–H and O–H groups in total. The molecule has 0 atom stereocenters. The molecule has 0 radical (unpaired) electrons. The Balaban J connectivity index is 1.42. The Morgan fingerprint density at radius 2 is 0.483 bits per heavy atom. The first kappa shape index (κ1) is 39.0. The second kappa shape index (κ2) is 15.9. The van der Waals surface area contributed by atoms with Crippen molar-refractivity contribution in [3.63, 3.8) is 0 Å². The van der Waals surface area contributed by atoms with Crippen molar-refractivity contribution in [3.05, 3.63) is 166 Å². The number of hydrogen-bond acceptors (Lipinski definition) is 2. The Morgan fingerprint density at radius 1 is 0.283 bits per heavy atom. The van der Waals surface area contributed by atoms with Crippen LogP contribution in [0.5, 0.6) is 0 Å².